The number of aliphatic hydroxyl groups is 1. The van der Waals surface area contributed by atoms with Crippen molar-refractivity contribution < 1.29 is 14.6 Å². The number of carbonyl (C=O) groups excluding carboxylic acids is 1. The molecule has 0 aromatic carbocycles. The Bertz CT molecular complexity index is 232. The van der Waals surface area contributed by atoms with Crippen molar-refractivity contribution in [3.63, 3.8) is 0 Å². The predicted octanol–water partition coefficient (Wildman–Crippen LogP) is 1.16. The van der Waals surface area contributed by atoms with Crippen molar-refractivity contribution in [1.82, 2.24) is 4.90 Å². The maximum absolute atomic E-state index is 11.9. The molecule has 94 valence electrons. The number of carbonyl (C=O) groups is 1. The number of hydrogen-bond acceptors (Lipinski definition) is 3. The molecule has 1 rings (SSSR count). The van der Waals surface area contributed by atoms with Gasteiger partial charge in [-0.05, 0) is 26.7 Å². The van der Waals surface area contributed by atoms with Crippen molar-refractivity contribution in [2.24, 2.45) is 0 Å². The van der Waals surface area contributed by atoms with Crippen molar-refractivity contribution in [3.05, 3.63) is 0 Å². The van der Waals surface area contributed by atoms with Gasteiger partial charge in [0.25, 0.3) is 0 Å². The number of piperidine rings is 1. The molecule has 0 radical (unpaired) electrons. The number of halogens is 1. The summed E-state index contributed by atoms with van der Waals surface area (Å²) in [6.07, 6.45) is 1.90. The fraction of sp³-hybridized carbons (Fsp3) is 0.909. The van der Waals surface area contributed by atoms with E-state index >= 15 is 0 Å². The van der Waals surface area contributed by atoms with Crippen molar-refractivity contribution in [2.75, 3.05) is 26.3 Å². The third-order valence-corrected chi connectivity index (χ3v) is 3.02. The molecule has 16 heavy (non-hydrogen) atoms. The molecular formula is C11H20BrNO3. The highest BCUT2D eigenvalue weighted by atomic mass is 79.9. The zero-order chi connectivity index (χ0) is 12.2. The number of amides is 1. The second-order valence-electron chi connectivity index (χ2n) is 4.56. The highest BCUT2D eigenvalue weighted by molar-refractivity contribution is 9.10. The van der Waals surface area contributed by atoms with Crippen LogP contribution in [0.25, 0.3) is 0 Å². The van der Waals surface area contributed by atoms with Crippen LogP contribution in [0.5, 0.6) is 0 Å². The lowest BCUT2D eigenvalue weighted by Crippen LogP contribution is -2.47. The summed E-state index contributed by atoms with van der Waals surface area (Å²) in [5, 5.41) is 8.65. The first-order chi connectivity index (χ1) is 7.45. The molecule has 5 heteroatoms. The smallest absolute Gasteiger partial charge is 0.238 e. The summed E-state index contributed by atoms with van der Waals surface area (Å²) >= 11 is 3.38. The van der Waals surface area contributed by atoms with E-state index in [9.17, 15) is 4.79 Å². The maximum atomic E-state index is 11.9. The van der Waals surface area contributed by atoms with E-state index in [1.807, 2.05) is 18.7 Å². The van der Waals surface area contributed by atoms with Crippen molar-refractivity contribution in [2.45, 2.75) is 37.1 Å². The number of alkyl halides is 1. The zero-order valence-electron chi connectivity index (χ0n) is 9.91. The van der Waals surface area contributed by atoms with Crippen LogP contribution < -0.4 is 0 Å². The molecule has 1 amide bonds. The standard InChI is InChI=1S/C11H20BrNO3/c1-11(2,12)10(15)13-5-3-9(4-6-13)16-8-7-14/h9,14H,3-8H2,1-2H3. The molecule has 0 aromatic rings. The third kappa shape index (κ3) is 4.03. The van der Waals surface area contributed by atoms with Crippen molar-refractivity contribution >= 4 is 21.8 Å². The van der Waals surface area contributed by atoms with E-state index in [1.165, 1.54) is 0 Å². The van der Waals surface area contributed by atoms with Gasteiger partial charge in [0.1, 0.15) is 0 Å². The molecule has 0 saturated carbocycles. The molecular weight excluding hydrogens is 274 g/mol. The molecule has 0 aromatic heterocycles. The molecule has 1 heterocycles. The van der Waals surface area contributed by atoms with Crippen LogP contribution in [0.4, 0.5) is 0 Å². The topological polar surface area (TPSA) is 49.8 Å². The molecule has 0 spiro atoms. The van der Waals surface area contributed by atoms with Crippen molar-refractivity contribution in [1.29, 1.82) is 0 Å². The van der Waals surface area contributed by atoms with Gasteiger partial charge in [0, 0.05) is 13.1 Å². The normalized spacial score (nSPS) is 18.9. The van der Waals surface area contributed by atoms with Crippen LogP contribution in [0, 0.1) is 0 Å². The number of rotatable bonds is 4. The summed E-state index contributed by atoms with van der Waals surface area (Å²) in [6, 6.07) is 0. The van der Waals surface area contributed by atoms with Gasteiger partial charge in [0.15, 0.2) is 0 Å². The third-order valence-electron chi connectivity index (χ3n) is 2.68. The Morgan fingerprint density at radius 2 is 2.06 bits per heavy atom. The summed E-state index contributed by atoms with van der Waals surface area (Å²) in [6.45, 7) is 5.66. The van der Waals surface area contributed by atoms with Gasteiger partial charge in [-0.3, -0.25) is 4.79 Å². The minimum atomic E-state index is -0.480. The molecule has 1 aliphatic rings. The number of nitrogens with zero attached hydrogens (tertiary/aromatic N) is 1. The van der Waals surface area contributed by atoms with Gasteiger partial charge in [-0.2, -0.15) is 0 Å². The monoisotopic (exact) mass is 293 g/mol. The number of ether oxygens (including phenoxy) is 1. The minimum Gasteiger partial charge on any atom is -0.394 e. The van der Waals surface area contributed by atoms with Gasteiger partial charge >= 0.3 is 0 Å². The average Bonchev–Trinajstić information content (AvgIpc) is 2.25. The Morgan fingerprint density at radius 3 is 2.50 bits per heavy atom. The zero-order valence-corrected chi connectivity index (χ0v) is 11.5. The van der Waals surface area contributed by atoms with E-state index in [4.69, 9.17) is 9.84 Å². The summed E-state index contributed by atoms with van der Waals surface area (Å²) < 4.78 is 4.97. The van der Waals surface area contributed by atoms with Gasteiger partial charge in [-0.15, -0.1) is 0 Å². The summed E-state index contributed by atoms with van der Waals surface area (Å²) in [7, 11) is 0. The van der Waals surface area contributed by atoms with Crippen molar-refractivity contribution in [3.8, 4) is 0 Å². The molecule has 1 aliphatic heterocycles. The van der Waals surface area contributed by atoms with Crippen LogP contribution in [0.3, 0.4) is 0 Å². The van der Waals surface area contributed by atoms with E-state index in [-0.39, 0.29) is 18.6 Å². The molecule has 1 fully saturated rings. The molecule has 0 aliphatic carbocycles. The molecule has 1 N–H and O–H groups in total. The lowest BCUT2D eigenvalue weighted by atomic mass is 10.1. The summed E-state index contributed by atoms with van der Waals surface area (Å²) in [5.74, 6) is 0.133. The summed E-state index contributed by atoms with van der Waals surface area (Å²) in [5.41, 5.74) is 0. The van der Waals surface area contributed by atoms with E-state index in [0.717, 1.165) is 25.9 Å². The van der Waals surface area contributed by atoms with Gasteiger partial charge < -0.3 is 14.7 Å². The summed E-state index contributed by atoms with van der Waals surface area (Å²) in [4.78, 5) is 13.8. The molecule has 0 unspecified atom stereocenters. The molecule has 0 atom stereocenters. The second kappa shape index (κ2) is 5.98. The first-order valence-electron chi connectivity index (χ1n) is 5.66. The Kier molecular flexibility index (Phi) is 5.21. The van der Waals surface area contributed by atoms with Crippen LogP contribution in [-0.4, -0.2) is 52.6 Å². The Balaban J connectivity index is 2.34. The van der Waals surface area contributed by atoms with Crippen LogP contribution in [0.1, 0.15) is 26.7 Å². The van der Waals surface area contributed by atoms with E-state index in [2.05, 4.69) is 15.9 Å². The Morgan fingerprint density at radius 1 is 1.50 bits per heavy atom. The number of aliphatic hydroxyl groups excluding tert-OH is 1. The van der Waals surface area contributed by atoms with Gasteiger partial charge in [0.05, 0.1) is 23.6 Å². The molecule has 0 bridgehead atoms. The van der Waals surface area contributed by atoms with E-state index < -0.39 is 4.32 Å². The predicted molar refractivity (Wildman–Crippen MR) is 65.6 cm³/mol. The largest absolute Gasteiger partial charge is 0.394 e. The lowest BCUT2D eigenvalue weighted by Gasteiger charge is -2.34. The first kappa shape index (κ1) is 13.9. The quantitative estimate of drug-likeness (QED) is 0.792. The highest BCUT2D eigenvalue weighted by Gasteiger charge is 2.31. The number of likely N-dealkylation sites (tertiary alicyclic amines) is 1. The molecule has 1 saturated heterocycles. The van der Waals surface area contributed by atoms with Gasteiger partial charge in [-0.1, -0.05) is 15.9 Å². The van der Waals surface area contributed by atoms with E-state index in [1.54, 1.807) is 0 Å². The minimum absolute atomic E-state index is 0.0631. The second-order valence-corrected chi connectivity index (χ2v) is 6.54. The average molecular weight is 294 g/mol. The number of hydrogen-bond donors (Lipinski definition) is 1. The van der Waals surface area contributed by atoms with Crippen LogP contribution in [-0.2, 0) is 9.53 Å². The van der Waals surface area contributed by atoms with E-state index in [0.29, 0.717) is 6.61 Å². The van der Waals surface area contributed by atoms with Crippen LogP contribution >= 0.6 is 15.9 Å². The van der Waals surface area contributed by atoms with Crippen LogP contribution in [0.2, 0.25) is 0 Å². The SMILES string of the molecule is CC(C)(Br)C(=O)N1CCC(OCCO)CC1. The van der Waals surface area contributed by atoms with Gasteiger partial charge in [0.2, 0.25) is 5.91 Å². The van der Waals surface area contributed by atoms with Gasteiger partial charge in [-0.25, -0.2) is 0 Å². The first-order valence-corrected chi connectivity index (χ1v) is 6.45. The van der Waals surface area contributed by atoms with Crippen LogP contribution in [0.15, 0.2) is 0 Å². The fourth-order valence-electron chi connectivity index (χ4n) is 1.82. The Hall–Kier alpha value is -0.130. The lowest BCUT2D eigenvalue weighted by molar-refractivity contribution is -0.135. The Labute approximate surface area is 105 Å². The highest BCUT2D eigenvalue weighted by Crippen LogP contribution is 2.22. The fourth-order valence-corrected chi connectivity index (χ4v) is 2.07. The maximum Gasteiger partial charge on any atom is 0.238 e. The molecule has 4 nitrogen and oxygen atoms in total.